The fraction of sp³-hybridized carbons (Fsp3) is 1.00. The molecule has 1 unspecified atom stereocenters. The fourth-order valence-electron chi connectivity index (χ4n) is 2.26. The van der Waals surface area contributed by atoms with Gasteiger partial charge in [-0.2, -0.15) is 0 Å². The number of rotatable bonds is 6. The lowest BCUT2D eigenvalue weighted by Gasteiger charge is -2.42. The van der Waals surface area contributed by atoms with Crippen LogP contribution >= 0.6 is 0 Å². The monoisotopic (exact) mass is 183 g/mol. The zero-order valence-corrected chi connectivity index (χ0v) is 9.53. The van der Waals surface area contributed by atoms with E-state index < -0.39 is 0 Å². The first-order valence-electron chi connectivity index (χ1n) is 5.96. The van der Waals surface area contributed by atoms with E-state index in [0.29, 0.717) is 11.5 Å². The van der Waals surface area contributed by atoms with Gasteiger partial charge < -0.3 is 5.32 Å². The van der Waals surface area contributed by atoms with E-state index >= 15 is 0 Å². The van der Waals surface area contributed by atoms with Gasteiger partial charge in [0, 0.05) is 12.6 Å². The predicted octanol–water partition coefficient (Wildman–Crippen LogP) is 3.34. The van der Waals surface area contributed by atoms with Crippen LogP contribution < -0.4 is 5.32 Å². The van der Waals surface area contributed by atoms with Gasteiger partial charge in [-0.15, -0.1) is 0 Å². The van der Waals surface area contributed by atoms with Gasteiger partial charge in [-0.3, -0.25) is 0 Å². The molecule has 1 saturated carbocycles. The summed E-state index contributed by atoms with van der Waals surface area (Å²) in [6.45, 7) is 8.17. The highest BCUT2D eigenvalue weighted by Gasteiger charge is 2.34. The van der Waals surface area contributed by atoms with Crippen molar-refractivity contribution in [1.29, 1.82) is 0 Å². The summed E-state index contributed by atoms with van der Waals surface area (Å²) in [6, 6.07) is 0.717. The molecule has 1 heteroatoms. The highest BCUT2D eigenvalue weighted by Crippen LogP contribution is 2.43. The van der Waals surface area contributed by atoms with Crippen molar-refractivity contribution >= 4 is 0 Å². The molecular weight excluding hydrogens is 158 g/mol. The first-order valence-corrected chi connectivity index (χ1v) is 5.96. The van der Waals surface area contributed by atoms with E-state index in [-0.39, 0.29) is 0 Å². The van der Waals surface area contributed by atoms with Crippen LogP contribution in [0, 0.1) is 5.41 Å². The van der Waals surface area contributed by atoms with Crippen molar-refractivity contribution in [3.05, 3.63) is 0 Å². The molecule has 0 aromatic heterocycles. The summed E-state index contributed by atoms with van der Waals surface area (Å²) in [6.07, 6.45) is 8.34. The molecule has 1 aliphatic rings. The van der Waals surface area contributed by atoms with Gasteiger partial charge in [-0.25, -0.2) is 0 Å². The van der Waals surface area contributed by atoms with Gasteiger partial charge in [-0.1, -0.05) is 26.7 Å². The molecule has 1 atom stereocenters. The third-order valence-corrected chi connectivity index (χ3v) is 3.71. The second kappa shape index (κ2) is 4.99. The first-order chi connectivity index (χ1) is 6.22. The van der Waals surface area contributed by atoms with E-state index in [0.717, 1.165) is 0 Å². The second-order valence-electron chi connectivity index (χ2n) is 4.78. The van der Waals surface area contributed by atoms with E-state index in [1.807, 2.05) is 0 Å². The van der Waals surface area contributed by atoms with E-state index in [9.17, 15) is 0 Å². The standard InChI is InChI=1S/C12H25N/c1-4-7-11(3)13-10-12(5-2)8-6-9-12/h11,13H,4-10H2,1-3H3. The minimum atomic E-state index is 0.683. The van der Waals surface area contributed by atoms with Crippen molar-refractivity contribution < 1.29 is 0 Å². The summed E-state index contributed by atoms with van der Waals surface area (Å²) in [4.78, 5) is 0. The maximum atomic E-state index is 3.68. The van der Waals surface area contributed by atoms with Crippen molar-refractivity contribution in [3.63, 3.8) is 0 Å². The molecule has 0 bridgehead atoms. The summed E-state index contributed by atoms with van der Waals surface area (Å²) < 4.78 is 0. The Morgan fingerprint density at radius 2 is 2.00 bits per heavy atom. The molecule has 0 spiro atoms. The van der Waals surface area contributed by atoms with Crippen molar-refractivity contribution in [2.45, 2.75) is 65.3 Å². The normalized spacial score (nSPS) is 22.4. The second-order valence-corrected chi connectivity index (χ2v) is 4.78. The Labute approximate surface area is 83.3 Å². The SMILES string of the molecule is CCCC(C)NCC1(CC)CCC1. The van der Waals surface area contributed by atoms with Gasteiger partial charge >= 0.3 is 0 Å². The predicted molar refractivity (Wildman–Crippen MR) is 58.9 cm³/mol. The molecule has 0 aromatic rings. The highest BCUT2D eigenvalue weighted by molar-refractivity contribution is 4.88. The lowest BCUT2D eigenvalue weighted by atomic mass is 9.67. The molecule has 1 rings (SSSR count). The third-order valence-electron chi connectivity index (χ3n) is 3.71. The molecule has 1 aliphatic carbocycles. The van der Waals surface area contributed by atoms with Crippen LogP contribution in [0.3, 0.4) is 0 Å². The number of hydrogen-bond donors (Lipinski definition) is 1. The van der Waals surface area contributed by atoms with Gasteiger partial charge in [0.15, 0.2) is 0 Å². The Morgan fingerprint density at radius 3 is 2.38 bits per heavy atom. The van der Waals surface area contributed by atoms with Gasteiger partial charge in [0.25, 0.3) is 0 Å². The minimum absolute atomic E-state index is 0.683. The maximum Gasteiger partial charge on any atom is 0.00388 e. The molecule has 1 N–H and O–H groups in total. The molecule has 0 amide bonds. The molecule has 13 heavy (non-hydrogen) atoms. The van der Waals surface area contributed by atoms with Crippen LogP contribution in [-0.2, 0) is 0 Å². The van der Waals surface area contributed by atoms with E-state index in [1.165, 1.54) is 45.1 Å². The molecule has 0 aromatic carbocycles. The molecule has 0 aliphatic heterocycles. The number of nitrogens with one attached hydrogen (secondary N) is 1. The lowest BCUT2D eigenvalue weighted by Crippen LogP contribution is -2.42. The average molecular weight is 183 g/mol. The Morgan fingerprint density at radius 1 is 1.31 bits per heavy atom. The zero-order valence-electron chi connectivity index (χ0n) is 9.53. The highest BCUT2D eigenvalue weighted by atomic mass is 14.9. The van der Waals surface area contributed by atoms with Gasteiger partial charge in [0.2, 0.25) is 0 Å². The van der Waals surface area contributed by atoms with Gasteiger partial charge in [0.1, 0.15) is 0 Å². The molecule has 0 radical (unpaired) electrons. The van der Waals surface area contributed by atoms with Crippen LogP contribution in [0.1, 0.15) is 59.3 Å². The third kappa shape index (κ3) is 2.98. The Bertz CT molecular complexity index is 133. The van der Waals surface area contributed by atoms with Gasteiger partial charge in [0.05, 0.1) is 0 Å². The summed E-state index contributed by atoms with van der Waals surface area (Å²) >= 11 is 0. The largest absolute Gasteiger partial charge is 0.314 e. The van der Waals surface area contributed by atoms with Crippen LogP contribution in [0.2, 0.25) is 0 Å². The molecule has 1 nitrogen and oxygen atoms in total. The van der Waals surface area contributed by atoms with Crippen molar-refractivity contribution in [2.75, 3.05) is 6.54 Å². The minimum Gasteiger partial charge on any atom is -0.314 e. The molecule has 78 valence electrons. The van der Waals surface area contributed by atoms with Crippen LogP contribution in [0.4, 0.5) is 0 Å². The van der Waals surface area contributed by atoms with E-state index in [2.05, 4.69) is 26.1 Å². The summed E-state index contributed by atoms with van der Waals surface area (Å²) in [5.41, 5.74) is 0.683. The molecular formula is C12H25N. The Balaban J connectivity index is 2.16. The van der Waals surface area contributed by atoms with Crippen LogP contribution in [0.5, 0.6) is 0 Å². The van der Waals surface area contributed by atoms with Crippen molar-refractivity contribution in [2.24, 2.45) is 5.41 Å². The van der Waals surface area contributed by atoms with E-state index in [1.54, 1.807) is 0 Å². The first kappa shape index (κ1) is 11.0. The topological polar surface area (TPSA) is 12.0 Å². The molecule has 0 saturated heterocycles. The Hall–Kier alpha value is -0.0400. The van der Waals surface area contributed by atoms with Crippen LogP contribution in [0.25, 0.3) is 0 Å². The quantitative estimate of drug-likeness (QED) is 0.666. The van der Waals surface area contributed by atoms with Crippen molar-refractivity contribution in [1.82, 2.24) is 5.32 Å². The summed E-state index contributed by atoms with van der Waals surface area (Å²) in [5, 5.41) is 3.68. The number of hydrogen-bond acceptors (Lipinski definition) is 1. The van der Waals surface area contributed by atoms with Crippen molar-refractivity contribution in [3.8, 4) is 0 Å². The van der Waals surface area contributed by atoms with Crippen LogP contribution in [0.15, 0.2) is 0 Å². The summed E-state index contributed by atoms with van der Waals surface area (Å²) in [7, 11) is 0. The van der Waals surface area contributed by atoms with Gasteiger partial charge in [-0.05, 0) is 38.0 Å². The zero-order chi connectivity index (χ0) is 9.73. The molecule has 0 heterocycles. The summed E-state index contributed by atoms with van der Waals surface area (Å²) in [5.74, 6) is 0. The fourth-order valence-corrected chi connectivity index (χ4v) is 2.26. The average Bonchev–Trinajstić information content (AvgIpc) is 2.04. The van der Waals surface area contributed by atoms with E-state index in [4.69, 9.17) is 0 Å². The smallest absolute Gasteiger partial charge is 0.00388 e. The Kier molecular flexibility index (Phi) is 4.24. The van der Waals surface area contributed by atoms with Crippen LogP contribution in [-0.4, -0.2) is 12.6 Å². The molecule has 1 fully saturated rings. The lowest BCUT2D eigenvalue weighted by molar-refractivity contribution is 0.119. The maximum absolute atomic E-state index is 3.68.